The Hall–Kier alpha value is -2.36. The van der Waals surface area contributed by atoms with E-state index in [4.69, 9.17) is 5.11 Å². The first-order valence-corrected chi connectivity index (χ1v) is 5.18. The summed E-state index contributed by atoms with van der Waals surface area (Å²) in [5, 5.41) is 11.7. The maximum Gasteiger partial charge on any atom is 0.251 e. The van der Waals surface area contributed by atoms with Crippen molar-refractivity contribution in [2.24, 2.45) is 0 Å². The third kappa shape index (κ3) is 2.42. The molecule has 2 rings (SSSR count). The molecule has 1 amide bonds. The molecule has 0 radical (unpaired) electrons. The SMILES string of the molecule is CNC(=O)c1cccc(-c2ccc(O)cn2)c1. The molecule has 4 heteroatoms. The number of pyridine rings is 1. The van der Waals surface area contributed by atoms with Gasteiger partial charge >= 0.3 is 0 Å². The Morgan fingerprint density at radius 3 is 2.76 bits per heavy atom. The van der Waals surface area contributed by atoms with Gasteiger partial charge in [0.05, 0.1) is 11.9 Å². The number of carbonyl (C=O) groups excluding carboxylic acids is 1. The molecule has 0 spiro atoms. The Balaban J connectivity index is 2.39. The topological polar surface area (TPSA) is 62.2 Å². The second kappa shape index (κ2) is 4.65. The summed E-state index contributed by atoms with van der Waals surface area (Å²) < 4.78 is 0. The molecule has 0 aliphatic heterocycles. The van der Waals surface area contributed by atoms with Crippen molar-refractivity contribution in [3.63, 3.8) is 0 Å². The highest BCUT2D eigenvalue weighted by molar-refractivity contribution is 5.95. The van der Waals surface area contributed by atoms with Gasteiger partial charge in [-0.1, -0.05) is 12.1 Å². The molecule has 2 aromatic rings. The van der Waals surface area contributed by atoms with Crippen molar-refractivity contribution < 1.29 is 9.90 Å². The lowest BCUT2D eigenvalue weighted by molar-refractivity contribution is 0.0963. The average molecular weight is 228 g/mol. The molecule has 0 atom stereocenters. The predicted molar refractivity (Wildman–Crippen MR) is 64.7 cm³/mol. The molecule has 1 heterocycles. The second-order valence-corrected chi connectivity index (χ2v) is 3.56. The Morgan fingerprint density at radius 1 is 1.29 bits per heavy atom. The molecule has 1 aromatic carbocycles. The largest absolute Gasteiger partial charge is 0.506 e. The molecule has 0 unspecified atom stereocenters. The van der Waals surface area contributed by atoms with Crippen molar-refractivity contribution >= 4 is 5.91 Å². The van der Waals surface area contributed by atoms with E-state index in [1.807, 2.05) is 6.07 Å². The number of aromatic nitrogens is 1. The summed E-state index contributed by atoms with van der Waals surface area (Å²) in [5.41, 5.74) is 2.14. The van der Waals surface area contributed by atoms with E-state index in [0.29, 0.717) is 11.3 Å². The van der Waals surface area contributed by atoms with Gasteiger partial charge in [-0.25, -0.2) is 0 Å². The van der Waals surface area contributed by atoms with Crippen LogP contribution >= 0.6 is 0 Å². The van der Waals surface area contributed by atoms with E-state index < -0.39 is 0 Å². The number of hydrogen-bond acceptors (Lipinski definition) is 3. The standard InChI is InChI=1S/C13H12N2O2/c1-14-13(17)10-4-2-3-9(7-10)12-6-5-11(16)8-15-12/h2-8,16H,1H3,(H,14,17). The number of hydrogen-bond donors (Lipinski definition) is 2. The highest BCUT2D eigenvalue weighted by atomic mass is 16.3. The normalized spacial score (nSPS) is 9.94. The summed E-state index contributed by atoms with van der Waals surface area (Å²) in [6.45, 7) is 0. The van der Waals surface area contributed by atoms with E-state index in [1.165, 1.54) is 6.20 Å². The molecular formula is C13H12N2O2. The zero-order valence-corrected chi connectivity index (χ0v) is 9.34. The molecule has 0 saturated heterocycles. The maximum atomic E-state index is 11.5. The fourth-order valence-corrected chi connectivity index (χ4v) is 1.52. The van der Waals surface area contributed by atoms with E-state index in [1.54, 1.807) is 37.4 Å². The fraction of sp³-hybridized carbons (Fsp3) is 0.0769. The number of amides is 1. The summed E-state index contributed by atoms with van der Waals surface area (Å²) in [6, 6.07) is 10.4. The lowest BCUT2D eigenvalue weighted by Crippen LogP contribution is -2.17. The number of benzene rings is 1. The molecule has 0 fully saturated rings. The highest BCUT2D eigenvalue weighted by Crippen LogP contribution is 2.19. The first-order valence-electron chi connectivity index (χ1n) is 5.18. The van der Waals surface area contributed by atoms with Crippen molar-refractivity contribution in [3.05, 3.63) is 48.2 Å². The first kappa shape index (κ1) is 11.1. The molecule has 0 saturated carbocycles. The molecule has 0 aliphatic rings. The minimum Gasteiger partial charge on any atom is -0.506 e. The lowest BCUT2D eigenvalue weighted by Gasteiger charge is -2.04. The summed E-state index contributed by atoms with van der Waals surface area (Å²) in [5.74, 6) is -0.0122. The van der Waals surface area contributed by atoms with Crippen LogP contribution in [0.5, 0.6) is 5.75 Å². The van der Waals surface area contributed by atoms with Crippen molar-refractivity contribution in [1.29, 1.82) is 0 Å². The first-order chi connectivity index (χ1) is 8.20. The molecule has 0 aliphatic carbocycles. The van der Waals surface area contributed by atoms with Crippen LogP contribution < -0.4 is 5.32 Å². The molecule has 1 aromatic heterocycles. The Labute approximate surface area is 98.9 Å². The number of aromatic hydroxyl groups is 1. The van der Waals surface area contributed by atoms with Gasteiger partial charge < -0.3 is 10.4 Å². The van der Waals surface area contributed by atoms with Crippen LogP contribution in [-0.4, -0.2) is 23.0 Å². The van der Waals surface area contributed by atoms with Gasteiger partial charge in [-0.15, -0.1) is 0 Å². The number of nitrogens with zero attached hydrogens (tertiary/aromatic N) is 1. The van der Waals surface area contributed by atoms with Crippen LogP contribution in [-0.2, 0) is 0 Å². The fourth-order valence-electron chi connectivity index (χ4n) is 1.52. The third-order valence-electron chi connectivity index (χ3n) is 2.40. The molecule has 0 bridgehead atoms. The molecule has 4 nitrogen and oxygen atoms in total. The smallest absolute Gasteiger partial charge is 0.251 e. The quantitative estimate of drug-likeness (QED) is 0.824. The molecule has 86 valence electrons. The Kier molecular flexibility index (Phi) is 3.05. The number of rotatable bonds is 2. The summed E-state index contributed by atoms with van der Waals surface area (Å²) >= 11 is 0. The van der Waals surface area contributed by atoms with Gasteiger partial charge in [0.1, 0.15) is 5.75 Å². The third-order valence-corrected chi connectivity index (χ3v) is 2.40. The van der Waals surface area contributed by atoms with Gasteiger partial charge in [0.25, 0.3) is 5.91 Å². The molecular weight excluding hydrogens is 216 g/mol. The summed E-state index contributed by atoms with van der Waals surface area (Å²) in [6.07, 6.45) is 1.38. The van der Waals surface area contributed by atoms with Crippen molar-refractivity contribution in [1.82, 2.24) is 10.3 Å². The van der Waals surface area contributed by atoms with Gasteiger partial charge in [0.2, 0.25) is 0 Å². The van der Waals surface area contributed by atoms with E-state index >= 15 is 0 Å². The van der Waals surface area contributed by atoms with Gasteiger partial charge in [0, 0.05) is 18.2 Å². The summed E-state index contributed by atoms with van der Waals surface area (Å²) in [4.78, 5) is 15.6. The van der Waals surface area contributed by atoms with E-state index in [0.717, 1.165) is 5.56 Å². The van der Waals surface area contributed by atoms with Crippen molar-refractivity contribution in [2.45, 2.75) is 0 Å². The van der Waals surface area contributed by atoms with Gasteiger partial charge in [-0.2, -0.15) is 0 Å². The zero-order chi connectivity index (χ0) is 12.3. The molecule has 17 heavy (non-hydrogen) atoms. The Bertz CT molecular complexity index is 535. The second-order valence-electron chi connectivity index (χ2n) is 3.56. The zero-order valence-electron chi connectivity index (χ0n) is 9.34. The number of nitrogens with one attached hydrogen (secondary N) is 1. The lowest BCUT2D eigenvalue weighted by atomic mass is 10.1. The van der Waals surface area contributed by atoms with Crippen LogP contribution in [0.4, 0.5) is 0 Å². The minimum atomic E-state index is -0.134. The summed E-state index contributed by atoms with van der Waals surface area (Å²) in [7, 11) is 1.59. The molecule has 2 N–H and O–H groups in total. The van der Waals surface area contributed by atoms with Gasteiger partial charge in [-0.3, -0.25) is 9.78 Å². The van der Waals surface area contributed by atoms with E-state index in [-0.39, 0.29) is 11.7 Å². The van der Waals surface area contributed by atoms with E-state index in [9.17, 15) is 4.79 Å². The Morgan fingerprint density at radius 2 is 2.12 bits per heavy atom. The van der Waals surface area contributed by atoms with E-state index in [2.05, 4.69) is 10.3 Å². The van der Waals surface area contributed by atoms with Crippen LogP contribution in [0.2, 0.25) is 0 Å². The van der Waals surface area contributed by atoms with Crippen molar-refractivity contribution in [3.8, 4) is 17.0 Å². The van der Waals surface area contributed by atoms with Crippen LogP contribution in [0.1, 0.15) is 10.4 Å². The predicted octanol–water partition coefficient (Wildman–Crippen LogP) is 1.81. The monoisotopic (exact) mass is 228 g/mol. The van der Waals surface area contributed by atoms with Crippen molar-refractivity contribution in [2.75, 3.05) is 7.05 Å². The van der Waals surface area contributed by atoms with Crippen LogP contribution in [0, 0.1) is 0 Å². The van der Waals surface area contributed by atoms with Crippen LogP contribution in [0.25, 0.3) is 11.3 Å². The maximum absolute atomic E-state index is 11.5. The van der Waals surface area contributed by atoms with Crippen LogP contribution in [0.3, 0.4) is 0 Å². The van der Waals surface area contributed by atoms with Gasteiger partial charge in [0.15, 0.2) is 0 Å². The average Bonchev–Trinajstić information content (AvgIpc) is 2.39. The highest BCUT2D eigenvalue weighted by Gasteiger charge is 2.05. The van der Waals surface area contributed by atoms with Crippen LogP contribution in [0.15, 0.2) is 42.6 Å². The minimum absolute atomic E-state index is 0.121. The van der Waals surface area contributed by atoms with Gasteiger partial charge in [-0.05, 0) is 24.3 Å². The number of carbonyl (C=O) groups is 1.